The van der Waals surface area contributed by atoms with E-state index in [-0.39, 0.29) is 16.5 Å². The van der Waals surface area contributed by atoms with Crippen LogP contribution in [-0.2, 0) is 22.2 Å². The van der Waals surface area contributed by atoms with Gasteiger partial charge in [-0.25, -0.2) is 4.98 Å². The lowest BCUT2D eigenvalue weighted by Gasteiger charge is -2.07. The minimum absolute atomic E-state index is 0.0294. The average Bonchev–Trinajstić information content (AvgIpc) is 3.13. The van der Waals surface area contributed by atoms with Crippen LogP contribution in [0.2, 0.25) is 0 Å². The van der Waals surface area contributed by atoms with Gasteiger partial charge in [-0.1, -0.05) is 18.2 Å². The number of carbonyl (C=O) groups is 3. The third-order valence-corrected chi connectivity index (χ3v) is 5.04. The monoisotopic (exact) mass is 413 g/mol. The SMILES string of the molecule is O=C(/C=C1/SC(=O)NC1=O)Nc1ncc(Cc2cccc(C(F)(F)F)c2)s1. The predicted molar refractivity (Wildman–Crippen MR) is 94.2 cm³/mol. The molecule has 3 amide bonds. The number of aromatic nitrogens is 1. The highest BCUT2D eigenvalue weighted by Crippen LogP contribution is 2.30. The molecule has 0 aliphatic carbocycles. The molecule has 2 N–H and O–H groups in total. The summed E-state index contributed by atoms with van der Waals surface area (Å²) >= 11 is 1.72. The van der Waals surface area contributed by atoms with Gasteiger partial charge >= 0.3 is 6.18 Å². The maximum atomic E-state index is 12.8. The number of rotatable bonds is 4. The van der Waals surface area contributed by atoms with E-state index in [1.807, 2.05) is 5.32 Å². The van der Waals surface area contributed by atoms with Crippen molar-refractivity contribution < 1.29 is 27.6 Å². The highest BCUT2D eigenvalue weighted by molar-refractivity contribution is 8.18. The van der Waals surface area contributed by atoms with E-state index < -0.39 is 28.8 Å². The number of thiazole rings is 1. The highest BCUT2D eigenvalue weighted by Gasteiger charge is 2.30. The molecule has 1 aliphatic rings. The fourth-order valence-electron chi connectivity index (χ4n) is 2.19. The van der Waals surface area contributed by atoms with Crippen LogP contribution >= 0.6 is 23.1 Å². The Labute approximate surface area is 158 Å². The second kappa shape index (κ2) is 7.53. The van der Waals surface area contributed by atoms with Crippen LogP contribution in [0, 0.1) is 0 Å². The third kappa shape index (κ3) is 4.95. The second-order valence-corrected chi connectivity index (χ2v) is 7.48. The summed E-state index contributed by atoms with van der Waals surface area (Å²) in [7, 11) is 0. The number of nitrogens with zero attached hydrogens (tertiary/aromatic N) is 1. The van der Waals surface area contributed by atoms with Crippen molar-refractivity contribution in [3.05, 3.63) is 57.4 Å². The molecule has 11 heteroatoms. The van der Waals surface area contributed by atoms with Crippen LogP contribution in [0.3, 0.4) is 0 Å². The van der Waals surface area contributed by atoms with Gasteiger partial charge in [0.05, 0.1) is 10.5 Å². The van der Waals surface area contributed by atoms with Crippen molar-refractivity contribution >= 4 is 45.3 Å². The molecule has 2 heterocycles. The molecule has 1 saturated heterocycles. The van der Waals surface area contributed by atoms with Gasteiger partial charge in [-0.15, -0.1) is 11.3 Å². The van der Waals surface area contributed by atoms with Crippen LogP contribution in [0.4, 0.5) is 23.1 Å². The molecule has 6 nitrogen and oxygen atoms in total. The predicted octanol–water partition coefficient (Wildman–Crippen LogP) is 3.56. The molecule has 0 unspecified atom stereocenters. The molecule has 140 valence electrons. The number of hydrogen-bond acceptors (Lipinski definition) is 6. The standard InChI is InChI=1S/C16H10F3N3O3S2/c17-16(18,19)9-3-1-2-8(4-9)5-10-7-20-14(26-10)21-12(23)6-11-13(24)22-15(25)27-11/h1-4,6-7H,5H2,(H,20,21,23)(H,22,24,25)/b11-6+. The Hall–Kier alpha value is -2.66. The minimum atomic E-state index is -4.41. The number of carbonyl (C=O) groups excluding carboxylic acids is 3. The van der Waals surface area contributed by atoms with Crippen LogP contribution in [0.1, 0.15) is 16.0 Å². The largest absolute Gasteiger partial charge is 0.416 e. The first-order valence-electron chi connectivity index (χ1n) is 7.37. The van der Waals surface area contributed by atoms with Gasteiger partial charge in [-0.2, -0.15) is 13.2 Å². The molecule has 1 aliphatic heterocycles. The van der Waals surface area contributed by atoms with Crippen molar-refractivity contribution in [2.24, 2.45) is 0 Å². The van der Waals surface area contributed by atoms with Gasteiger partial charge in [-0.05, 0) is 23.4 Å². The molecular weight excluding hydrogens is 403 g/mol. The highest BCUT2D eigenvalue weighted by atomic mass is 32.2. The van der Waals surface area contributed by atoms with Crippen molar-refractivity contribution in [2.45, 2.75) is 12.6 Å². The first-order valence-corrected chi connectivity index (χ1v) is 9.01. The van der Waals surface area contributed by atoms with E-state index in [1.165, 1.54) is 12.3 Å². The first-order chi connectivity index (χ1) is 12.7. The third-order valence-electron chi connectivity index (χ3n) is 3.32. The Balaban J connectivity index is 1.65. The van der Waals surface area contributed by atoms with Gasteiger partial charge in [0.15, 0.2) is 5.13 Å². The summed E-state index contributed by atoms with van der Waals surface area (Å²) in [6, 6.07) is 4.97. The first kappa shape index (κ1) is 19.1. The summed E-state index contributed by atoms with van der Waals surface area (Å²) < 4.78 is 38.3. The van der Waals surface area contributed by atoms with Gasteiger partial charge in [0.1, 0.15) is 0 Å². The Morgan fingerprint density at radius 3 is 2.74 bits per heavy atom. The fourth-order valence-corrected chi connectivity index (χ4v) is 3.69. The number of benzene rings is 1. The van der Waals surface area contributed by atoms with Crippen molar-refractivity contribution in [2.75, 3.05) is 5.32 Å². The summed E-state index contributed by atoms with van der Waals surface area (Å²) in [6.45, 7) is 0. The van der Waals surface area contributed by atoms with Crippen molar-refractivity contribution in [1.82, 2.24) is 10.3 Å². The number of thioether (sulfide) groups is 1. The molecule has 2 aromatic rings. The van der Waals surface area contributed by atoms with Gasteiger partial charge in [0.2, 0.25) is 0 Å². The zero-order valence-corrected chi connectivity index (χ0v) is 14.9. The number of halogens is 3. The molecule has 0 spiro atoms. The minimum Gasteiger partial charge on any atom is -0.298 e. The molecule has 0 atom stereocenters. The molecule has 0 bridgehead atoms. The smallest absolute Gasteiger partial charge is 0.298 e. The topological polar surface area (TPSA) is 88.2 Å². The summed E-state index contributed by atoms with van der Waals surface area (Å²) in [4.78, 5) is 38.9. The number of hydrogen-bond donors (Lipinski definition) is 2. The Morgan fingerprint density at radius 2 is 2.07 bits per heavy atom. The van der Waals surface area contributed by atoms with E-state index in [1.54, 1.807) is 6.07 Å². The molecule has 1 fully saturated rings. The zero-order chi connectivity index (χ0) is 19.6. The Morgan fingerprint density at radius 1 is 1.30 bits per heavy atom. The maximum Gasteiger partial charge on any atom is 0.416 e. The molecule has 0 saturated carbocycles. The molecule has 1 aromatic heterocycles. The molecule has 1 aromatic carbocycles. The number of alkyl halides is 3. The van der Waals surface area contributed by atoms with Gasteiger partial charge in [-0.3, -0.25) is 25.0 Å². The summed E-state index contributed by atoms with van der Waals surface area (Å²) in [5.74, 6) is -1.29. The molecule has 3 rings (SSSR count). The summed E-state index contributed by atoms with van der Waals surface area (Å²) in [5.41, 5.74) is -0.266. The van der Waals surface area contributed by atoms with E-state index in [4.69, 9.17) is 0 Å². The van der Waals surface area contributed by atoms with E-state index >= 15 is 0 Å². The van der Waals surface area contributed by atoms with E-state index in [0.29, 0.717) is 22.2 Å². The molecule has 0 radical (unpaired) electrons. The normalized spacial score (nSPS) is 15.9. The van der Waals surface area contributed by atoms with Crippen LogP contribution < -0.4 is 10.6 Å². The van der Waals surface area contributed by atoms with Crippen molar-refractivity contribution in [3.63, 3.8) is 0 Å². The fraction of sp³-hybridized carbons (Fsp3) is 0.125. The van der Waals surface area contributed by atoms with Crippen LogP contribution in [-0.4, -0.2) is 22.0 Å². The van der Waals surface area contributed by atoms with Crippen LogP contribution in [0.15, 0.2) is 41.4 Å². The number of nitrogens with one attached hydrogen (secondary N) is 2. The second-order valence-electron chi connectivity index (χ2n) is 5.35. The van der Waals surface area contributed by atoms with E-state index in [0.717, 1.165) is 29.5 Å². The van der Waals surface area contributed by atoms with Crippen molar-refractivity contribution in [3.8, 4) is 0 Å². The number of anilines is 1. The van der Waals surface area contributed by atoms with E-state index in [9.17, 15) is 27.6 Å². The Kier molecular flexibility index (Phi) is 5.33. The lowest BCUT2D eigenvalue weighted by Crippen LogP contribution is -2.18. The van der Waals surface area contributed by atoms with E-state index in [2.05, 4.69) is 10.3 Å². The maximum absolute atomic E-state index is 12.8. The van der Waals surface area contributed by atoms with Gasteiger partial charge < -0.3 is 0 Å². The quantitative estimate of drug-likeness (QED) is 0.749. The van der Waals surface area contributed by atoms with Gasteiger partial charge in [0, 0.05) is 23.6 Å². The zero-order valence-electron chi connectivity index (χ0n) is 13.3. The average molecular weight is 413 g/mol. The van der Waals surface area contributed by atoms with Crippen LogP contribution in [0.25, 0.3) is 0 Å². The lowest BCUT2D eigenvalue weighted by atomic mass is 10.1. The van der Waals surface area contributed by atoms with Gasteiger partial charge in [0.25, 0.3) is 17.1 Å². The number of amides is 3. The number of imide groups is 1. The molecular formula is C16H10F3N3O3S2. The summed E-state index contributed by atoms with van der Waals surface area (Å²) in [6.07, 6.45) is -1.75. The lowest BCUT2D eigenvalue weighted by molar-refractivity contribution is -0.137. The van der Waals surface area contributed by atoms with Crippen molar-refractivity contribution in [1.29, 1.82) is 0 Å². The summed E-state index contributed by atoms with van der Waals surface area (Å²) in [5, 5.41) is 4.15. The van der Waals surface area contributed by atoms with Crippen LogP contribution in [0.5, 0.6) is 0 Å². The molecule has 27 heavy (non-hydrogen) atoms. The Bertz CT molecular complexity index is 954.